The van der Waals surface area contributed by atoms with Gasteiger partial charge in [-0.25, -0.2) is 14.0 Å². The Morgan fingerprint density at radius 1 is 0.857 bits per heavy atom. The van der Waals surface area contributed by atoms with Crippen LogP contribution in [0.25, 0.3) is 0 Å². The molecule has 2 fully saturated rings. The van der Waals surface area contributed by atoms with Gasteiger partial charge < -0.3 is 15.1 Å². The van der Waals surface area contributed by atoms with Crippen LogP contribution in [0.15, 0.2) is 54.6 Å². The Morgan fingerprint density at radius 3 is 2.11 bits per heavy atom. The summed E-state index contributed by atoms with van der Waals surface area (Å²) in [6.45, 7) is 4.03. The second-order valence-corrected chi connectivity index (χ2v) is 9.23. The predicted molar refractivity (Wildman–Crippen MR) is 129 cm³/mol. The van der Waals surface area contributed by atoms with Crippen molar-refractivity contribution in [2.75, 3.05) is 26.2 Å². The highest BCUT2D eigenvalue weighted by molar-refractivity contribution is 6.27. The number of likely N-dealkylation sites (tertiary alicyclic amines) is 2. The lowest BCUT2D eigenvalue weighted by Crippen LogP contribution is -2.47. The fourth-order valence-corrected chi connectivity index (χ4v) is 4.83. The fraction of sp³-hybridized carbons (Fsp3) is 0.444. The van der Waals surface area contributed by atoms with Gasteiger partial charge in [-0.3, -0.25) is 9.69 Å². The molecule has 4 rings (SSSR count). The largest absolute Gasteiger partial charge is 0.473 e. The first-order valence-electron chi connectivity index (χ1n) is 12.1. The first kappa shape index (κ1) is 26.3. The SMILES string of the molecule is O=C(C1CCCN(Cc2ccccc2F)C1)N1CCC(Cc2ccccc2)CC1.O=C(O)C(=O)O. The minimum absolute atomic E-state index is 0.0567. The van der Waals surface area contributed by atoms with Crippen molar-refractivity contribution >= 4 is 17.8 Å². The van der Waals surface area contributed by atoms with Gasteiger partial charge in [0.1, 0.15) is 5.82 Å². The van der Waals surface area contributed by atoms with Gasteiger partial charge in [0.15, 0.2) is 0 Å². The average molecular weight is 485 g/mol. The van der Waals surface area contributed by atoms with E-state index in [2.05, 4.69) is 40.1 Å². The molecule has 35 heavy (non-hydrogen) atoms. The zero-order chi connectivity index (χ0) is 25.2. The van der Waals surface area contributed by atoms with Crippen molar-refractivity contribution in [2.45, 2.75) is 38.6 Å². The van der Waals surface area contributed by atoms with Crippen molar-refractivity contribution in [3.8, 4) is 0 Å². The van der Waals surface area contributed by atoms with E-state index in [0.717, 1.165) is 63.8 Å². The maximum Gasteiger partial charge on any atom is 0.414 e. The van der Waals surface area contributed by atoms with E-state index in [4.69, 9.17) is 19.8 Å². The molecule has 2 heterocycles. The number of rotatable bonds is 5. The van der Waals surface area contributed by atoms with Crippen LogP contribution < -0.4 is 0 Å². The molecule has 1 unspecified atom stereocenters. The Hall–Kier alpha value is -3.26. The lowest BCUT2D eigenvalue weighted by molar-refractivity contribution is -0.159. The van der Waals surface area contributed by atoms with Gasteiger partial charge in [0, 0.05) is 31.7 Å². The van der Waals surface area contributed by atoms with E-state index in [1.165, 1.54) is 11.6 Å². The van der Waals surface area contributed by atoms with Crippen LogP contribution in [0.5, 0.6) is 0 Å². The van der Waals surface area contributed by atoms with Crippen molar-refractivity contribution in [3.05, 3.63) is 71.5 Å². The van der Waals surface area contributed by atoms with Crippen molar-refractivity contribution in [3.63, 3.8) is 0 Å². The van der Waals surface area contributed by atoms with E-state index in [1.54, 1.807) is 6.07 Å². The van der Waals surface area contributed by atoms with Crippen LogP contribution in [0, 0.1) is 17.7 Å². The van der Waals surface area contributed by atoms with Crippen molar-refractivity contribution < 1.29 is 29.0 Å². The number of carboxylic acids is 2. The zero-order valence-corrected chi connectivity index (χ0v) is 19.8. The highest BCUT2D eigenvalue weighted by atomic mass is 19.1. The summed E-state index contributed by atoms with van der Waals surface area (Å²) in [5.74, 6) is -2.76. The first-order valence-corrected chi connectivity index (χ1v) is 12.1. The lowest BCUT2D eigenvalue weighted by atomic mass is 9.89. The van der Waals surface area contributed by atoms with Crippen LogP contribution >= 0.6 is 0 Å². The van der Waals surface area contributed by atoms with Gasteiger partial charge in [0.25, 0.3) is 0 Å². The summed E-state index contributed by atoms with van der Waals surface area (Å²) in [4.78, 5) is 35.6. The Labute approximate surface area is 205 Å². The third-order valence-corrected chi connectivity index (χ3v) is 6.68. The molecule has 0 aliphatic carbocycles. The van der Waals surface area contributed by atoms with Crippen molar-refractivity contribution in [1.82, 2.24) is 9.80 Å². The number of hydrogen-bond donors (Lipinski definition) is 2. The quantitative estimate of drug-likeness (QED) is 0.629. The number of carbonyl (C=O) groups is 3. The molecule has 1 amide bonds. The molecule has 188 valence electrons. The van der Waals surface area contributed by atoms with Gasteiger partial charge in [-0.15, -0.1) is 0 Å². The van der Waals surface area contributed by atoms with E-state index >= 15 is 0 Å². The Balaban J connectivity index is 0.000000509. The van der Waals surface area contributed by atoms with Crippen LogP contribution in [0.1, 0.15) is 36.8 Å². The molecule has 2 saturated heterocycles. The first-order chi connectivity index (χ1) is 16.8. The molecule has 0 radical (unpaired) electrons. The Bertz CT molecular complexity index is 980. The molecule has 0 bridgehead atoms. The molecule has 7 nitrogen and oxygen atoms in total. The Morgan fingerprint density at radius 2 is 1.49 bits per heavy atom. The highest BCUT2D eigenvalue weighted by Crippen LogP contribution is 2.26. The number of piperidine rings is 2. The van der Waals surface area contributed by atoms with Crippen LogP contribution in [0.4, 0.5) is 4.39 Å². The molecule has 0 spiro atoms. The number of carboxylic acid groups (broad SMARTS) is 2. The second-order valence-electron chi connectivity index (χ2n) is 9.23. The van der Waals surface area contributed by atoms with Crippen LogP contribution in [-0.2, 0) is 27.3 Å². The van der Waals surface area contributed by atoms with Gasteiger partial charge in [0.05, 0.1) is 5.92 Å². The zero-order valence-electron chi connectivity index (χ0n) is 19.8. The van der Waals surface area contributed by atoms with Gasteiger partial charge >= 0.3 is 11.9 Å². The van der Waals surface area contributed by atoms with E-state index < -0.39 is 11.9 Å². The molecule has 2 aromatic carbocycles. The maximum atomic E-state index is 14.0. The highest BCUT2D eigenvalue weighted by Gasteiger charge is 2.31. The fourth-order valence-electron chi connectivity index (χ4n) is 4.83. The summed E-state index contributed by atoms with van der Waals surface area (Å²) in [5.41, 5.74) is 2.12. The van der Waals surface area contributed by atoms with E-state index in [0.29, 0.717) is 18.4 Å². The summed E-state index contributed by atoms with van der Waals surface area (Å²) in [6.07, 6.45) is 5.26. The topological polar surface area (TPSA) is 98.2 Å². The number of benzene rings is 2. The molecular weight excluding hydrogens is 451 g/mol. The molecular formula is C27H33FN2O5. The standard InChI is InChI=1S/C25H31FN2O.C2H2O4/c26-24-11-5-4-9-22(24)18-27-14-6-10-23(19-27)25(29)28-15-12-21(13-16-28)17-20-7-2-1-3-8-20;3-1(4)2(5)6/h1-5,7-9,11,21,23H,6,10,12-19H2;(H,3,4)(H,5,6). The maximum absolute atomic E-state index is 14.0. The van der Waals surface area contributed by atoms with E-state index in [-0.39, 0.29) is 11.7 Å². The third-order valence-electron chi connectivity index (χ3n) is 6.68. The molecule has 2 aliphatic rings. The van der Waals surface area contributed by atoms with Crippen LogP contribution in [0.2, 0.25) is 0 Å². The van der Waals surface area contributed by atoms with Gasteiger partial charge in [0.2, 0.25) is 5.91 Å². The lowest BCUT2D eigenvalue weighted by Gasteiger charge is -2.38. The summed E-state index contributed by atoms with van der Waals surface area (Å²) in [6, 6.07) is 17.6. The molecule has 2 aliphatic heterocycles. The van der Waals surface area contributed by atoms with Crippen molar-refractivity contribution in [1.29, 1.82) is 0 Å². The van der Waals surface area contributed by atoms with Gasteiger partial charge in [-0.2, -0.15) is 0 Å². The normalized spacial score (nSPS) is 18.9. The number of amides is 1. The summed E-state index contributed by atoms with van der Waals surface area (Å²) >= 11 is 0. The number of halogens is 1. The van der Waals surface area contributed by atoms with Crippen LogP contribution in [-0.4, -0.2) is 64.0 Å². The number of carbonyl (C=O) groups excluding carboxylic acids is 1. The minimum Gasteiger partial charge on any atom is -0.473 e. The molecule has 8 heteroatoms. The minimum atomic E-state index is -1.82. The number of nitrogens with zero attached hydrogens (tertiary/aromatic N) is 2. The Kier molecular flexibility index (Phi) is 9.78. The average Bonchev–Trinajstić information content (AvgIpc) is 2.87. The second kappa shape index (κ2) is 13.0. The third kappa shape index (κ3) is 8.17. The van der Waals surface area contributed by atoms with Gasteiger partial charge in [-0.05, 0) is 56.2 Å². The van der Waals surface area contributed by atoms with Crippen molar-refractivity contribution in [2.24, 2.45) is 11.8 Å². The van der Waals surface area contributed by atoms with Crippen LogP contribution in [0.3, 0.4) is 0 Å². The smallest absolute Gasteiger partial charge is 0.414 e. The summed E-state index contributed by atoms with van der Waals surface area (Å²) in [7, 11) is 0. The van der Waals surface area contributed by atoms with Gasteiger partial charge in [-0.1, -0.05) is 48.5 Å². The number of aliphatic carboxylic acids is 2. The molecule has 0 saturated carbocycles. The summed E-state index contributed by atoms with van der Waals surface area (Å²) < 4.78 is 14.0. The van der Waals surface area contributed by atoms with E-state index in [1.807, 2.05) is 12.1 Å². The van der Waals surface area contributed by atoms with E-state index in [9.17, 15) is 9.18 Å². The number of hydrogen-bond acceptors (Lipinski definition) is 4. The molecule has 2 aromatic rings. The molecule has 2 N–H and O–H groups in total. The predicted octanol–water partition coefficient (Wildman–Crippen LogP) is 3.67. The molecule has 0 aromatic heterocycles. The summed E-state index contributed by atoms with van der Waals surface area (Å²) in [5, 5.41) is 14.8. The monoisotopic (exact) mass is 484 g/mol. The molecule has 1 atom stereocenters.